The van der Waals surface area contributed by atoms with Crippen molar-refractivity contribution in [2.75, 3.05) is 6.54 Å². The Morgan fingerprint density at radius 2 is 2.18 bits per heavy atom. The standard InChI is InChI=1S/C13H16ClNO2/c14-11-7-2-1-6-10(11)12(16)8-15-13(17)9-4-3-5-9/h1-2,6-7,9,12,16H,3-5,8H2,(H,15,17). The second kappa shape index (κ2) is 5.52. The summed E-state index contributed by atoms with van der Waals surface area (Å²) in [5, 5.41) is 13.2. The lowest BCUT2D eigenvalue weighted by atomic mass is 9.85. The summed E-state index contributed by atoms with van der Waals surface area (Å²) < 4.78 is 0. The first kappa shape index (κ1) is 12.4. The van der Waals surface area contributed by atoms with Crippen molar-refractivity contribution in [1.82, 2.24) is 5.32 Å². The van der Waals surface area contributed by atoms with Gasteiger partial charge in [-0.3, -0.25) is 4.79 Å². The number of nitrogens with one attached hydrogen (secondary N) is 1. The molecule has 1 aromatic carbocycles. The molecule has 1 fully saturated rings. The van der Waals surface area contributed by atoms with E-state index in [9.17, 15) is 9.90 Å². The Kier molecular flexibility index (Phi) is 4.02. The highest BCUT2D eigenvalue weighted by Gasteiger charge is 2.25. The predicted molar refractivity (Wildman–Crippen MR) is 66.8 cm³/mol. The van der Waals surface area contributed by atoms with E-state index in [0.717, 1.165) is 19.3 Å². The van der Waals surface area contributed by atoms with Crippen molar-refractivity contribution in [3.05, 3.63) is 34.9 Å². The van der Waals surface area contributed by atoms with Gasteiger partial charge >= 0.3 is 0 Å². The highest BCUT2D eigenvalue weighted by atomic mass is 35.5. The van der Waals surface area contributed by atoms with Crippen LogP contribution in [0.2, 0.25) is 5.02 Å². The van der Waals surface area contributed by atoms with E-state index < -0.39 is 6.10 Å². The van der Waals surface area contributed by atoms with E-state index in [0.29, 0.717) is 10.6 Å². The van der Waals surface area contributed by atoms with Crippen molar-refractivity contribution in [2.24, 2.45) is 5.92 Å². The van der Waals surface area contributed by atoms with Gasteiger partial charge < -0.3 is 10.4 Å². The molecule has 0 heterocycles. The Labute approximate surface area is 106 Å². The summed E-state index contributed by atoms with van der Waals surface area (Å²) in [5.74, 6) is 0.191. The van der Waals surface area contributed by atoms with Gasteiger partial charge in [0.25, 0.3) is 0 Å². The fraction of sp³-hybridized carbons (Fsp3) is 0.462. The van der Waals surface area contributed by atoms with Crippen LogP contribution in [-0.2, 0) is 4.79 Å². The van der Waals surface area contributed by atoms with E-state index in [1.807, 2.05) is 12.1 Å². The van der Waals surface area contributed by atoms with Crippen LogP contribution in [0.1, 0.15) is 30.9 Å². The molecule has 0 bridgehead atoms. The minimum Gasteiger partial charge on any atom is -0.387 e. The topological polar surface area (TPSA) is 49.3 Å². The quantitative estimate of drug-likeness (QED) is 0.865. The van der Waals surface area contributed by atoms with Crippen molar-refractivity contribution < 1.29 is 9.90 Å². The first-order valence-electron chi connectivity index (χ1n) is 5.88. The number of hydrogen-bond acceptors (Lipinski definition) is 2. The van der Waals surface area contributed by atoms with Crippen molar-refractivity contribution in [3.63, 3.8) is 0 Å². The van der Waals surface area contributed by atoms with Gasteiger partial charge in [0.1, 0.15) is 0 Å². The number of rotatable bonds is 4. The Balaban J connectivity index is 1.86. The fourth-order valence-corrected chi connectivity index (χ4v) is 2.13. The van der Waals surface area contributed by atoms with Crippen molar-refractivity contribution in [2.45, 2.75) is 25.4 Å². The lowest BCUT2D eigenvalue weighted by molar-refractivity contribution is -0.127. The molecule has 0 saturated heterocycles. The molecule has 0 aromatic heterocycles. The molecule has 17 heavy (non-hydrogen) atoms. The maximum atomic E-state index is 11.6. The Morgan fingerprint density at radius 1 is 1.47 bits per heavy atom. The molecule has 1 aliphatic rings. The van der Waals surface area contributed by atoms with Gasteiger partial charge in [0.05, 0.1) is 6.10 Å². The lowest BCUT2D eigenvalue weighted by Gasteiger charge is -2.24. The number of amides is 1. The first-order chi connectivity index (χ1) is 8.18. The van der Waals surface area contributed by atoms with Gasteiger partial charge in [-0.25, -0.2) is 0 Å². The summed E-state index contributed by atoms with van der Waals surface area (Å²) in [5.41, 5.74) is 0.656. The van der Waals surface area contributed by atoms with Crippen LogP contribution < -0.4 is 5.32 Å². The molecule has 3 nitrogen and oxygen atoms in total. The number of aliphatic hydroxyl groups excluding tert-OH is 1. The van der Waals surface area contributed by atoms with Crippen LogP contribution in [0.15, 0.2) is 24.3 Å². The third-order valence-corrected chi connectivity index (χ3v) is 3.55. The van der Waals surface area contributed by atoms with E-state index in [-0.39, 0.29) is 18.4 Å². The normalized spacial score (nSPS) is 17.3. The average Bonchev–Trinajstić information content (AvgIpc) is 2.24. The molecule has 0 radical (unpaired) electrons. The summed E-state index contributed by atoms with van der Waals surface area (Å²) in [7, 11) is 0. The van der Waals surface area contributed by atoms with Gasteiger partial charge in [-0.15, -0.1) is 0 Å². The number of aliphatic hydroxyl groups is 1. The van der Waals surface area contributed by atoms with Gasteiger partial charge in [-0.1, -0.05) is 36.2 Å². The highest BCUT2D eigenvalue weighted by molar-refractivity contribution is 6.31. The zero-order valence-corrected chi connectivity index (χ0v) is 10.3. The molecule has 92 valence electrons. The van der Waals surface area contributed by atoms with Crippen LogP contribution in [0.5, 0.6) is 0 Å². The van der Waals surface area contributed by atoms with Crippen LogP contribution in [0.4, 0.5) is 0 Å². The predicted octanol–water partition coefficient (Wildman–Crippen LogP) is 2.29. The number of benzene rings is 1. The molecule has 2 rings (SSSR count). The van der Waals surface area contributed by atoms with Gasteiger partial charge in [0.15, 0.2) is 0 Å². The van der Waals surface area contributed by atoms with E-state index in [1.54, 1.807) is 12.1 Å². The Morgan fingerprint density at radius 3 is 2.76 bits per heavy atom. The maximum absolute atomic E-state index is 11.6. The molecule has 1 aromatic rings. The van der Waals surface area contributed by atoms with Crippen molar-refractivity contribution in [3.8, 4) is 0 Å². The summed E-state index contributed by atoms with van der Waals surface area (Å²) in [6.07, 6.45) is 2.32. The van der Waals surface area contributed by atoms with Crippen LogP contribution >= 0.6 is 11.6 Å². The number of carbonyl (C=O) groups excluding carboxylic acids is 1. The number of hydrogen-bond donors (Lipinski definition) is 2. The smallest absolute Gasteiger partial charge is 0.223 e. The molecule has 2 N–H and O–H groups in total. The fourth-order valence-electron chi connectivity index (χ4n) is 1.87. The molecule has 1 unspecified atom stereocenters. The molecule has 1 amide bonds. The average molecular weight is 254 g/mol. The third-order valence-electron chi connectivity index (χ3n) is 3.21. The minimum atomic E-state index is -0.743. The second-order valence-electron chi connectivity index (χ2n) is 4.41. The van der Waals surface area contributed by atoms with Crippen LogP contribution in [0.3, 0.4) is 0 Å². The number of halogens is 1. The third kappa shape index (κ3) is 2.99. The molecule has 0 aliphatic heterocycles. The van der Waals surface area contributed by atoms with Crippen LogP contribution in [-0.4, -0.2) is 17.6 Å². The van der Waals surface area contributed by atoms with E-state index in [4.69, 9.17) is 11.6 Å². The second-order valence-corrected chi connectivity index (χ2v) is 4.82. The monoisotopic (exact) mass is 253 g/mol. The zero-order valence-electron chi connectivity index (χ0n) is 9.53. The van der Waals surface area contributed by atoms with Crippen LogP contribution in [0.25, 0.3) is 0 Å². The van der Waals surface area contributed by atoms with Crippen molar-refractivity contribution in [1.29, 1.82) is 0 Å². The number of carbonyl (C=O) groups is 1. The first-order valence-corrected chi connectivity index (χ1v) is 6.26. The van der Waals surface area contributed by atoms with Gasteiger partial charge in [0, 0.05) is 23.0 Å². The zero-order chi connectivity index (χ0) is 12.3. The SMILES string of the molecule is O=C(NCC(O)c1ccccc1Cl)C1CCC1. The highest BCUT2D eigenvalue weighted by Crippen LogP contribution is 2.26. The molecule has 1 saturated carbocycles. The maximum Gasteiger partial charge on any atom is 0.223 e. The van der Waals surface area contributed by atoms with Gasteiger partial charge in [-0.2, -0.15) is 0 Å². The van der Waals surface area contributed by atoms with Gasteiger partial charge in [0.2, 0.25) is 5.91 Å². The largest absolute Gasteiger partial charge is 0.387 e. The molecule has 1 atom stereocenters. The molecular formula is C13H16ClNO2. The van der Waals surface area contributed by atoms with E-state index in [2.05, 4.69) is 5.32 Å². The molecule has 1 aliphatic carbocycles. The Hall–Kier alpha value is -1.06. The summed E-state index contributed by atoms with van der Waals surface area (Å²) in [6, 6.07) is 7.13. The van der Waals surface area contributed by atoms with E-state index in [1.165, 1.54) is 0 Å². The lowest BCUT2D eigenvalue weighted by Crippen LogP contribution is -2.36. The Bertz CT molecular complexity index is 404. The molecule has 0 spiro atoms. The molecule has 4 heteroatoms. The minimum absolute atomic E-state index is 0.0438. The van der Waals surface area contributed by atoms with Gasteiger partial charge in [-0.05, 0) is 18.9 Å². The van der Waals surface area contributed by atoms with Crippen LogP contribution in [0, 0.1) is 5.92 Å². The summed E-state index contributed by atoms with van der Waals surface area (Å²) >= 11 is 5.96. The summed E-state index contributed by atoms with van der Waals surface area (Å²) in [4.78, 5) is 11.6. The van der Waals surface area contributed by atoms with E-state index >= 15 is 0 Å². The summed E-state index contributed by atoms with van der Waals surface area (Å²) in [6.45, 7) is 0.221. The van der Waals surface area contributed by atoms with Crippen molar-refractivity contribution >= 4 is 17.5 Å². The molecular weight excluding hydrogens is 238 g/mol.